The lowest BCUT2D eigenvalue weighted by atomic mass is 9.92. The van der Waals surface area contributed by atoms with Crippen molar-refractivity contribution in [2.75, 3.05) is 0 Å². The Bertz CT molecular complexity index is 312. The van der Waals surface area contributed by atoms with Gasteiger partial charge in [0.1, 0.15) is 12.0 Å². The van der Waals surface area contributed by atoms with Crippen molar-refractivity contribution in [3.05, 3.63) is 0 Å². The molecule has 0 aromatic carbocycles. The van der Waals surface area contributed by atoms with E-state index in [2.05, 4.69) is 4.52 Å². The van der Waals surface area contributed by atoms with Crippen LogP contribution in [0.5, 0.6) is 0 Å². The van der Waals surface area contributed by atoms with E-state index in [0.29, 0.717) is 6.92 Å². The molecule has 17 heavy (non-hydrogen) atoms. The Hall–Kier alpha value is -0.240. The van der Waals surface area contributed by atoms with Gasteiger partial charge in [-0.1, -0.05) is 6.92 Å². The van der Waals surface area contributed by atoms with Crippen molar-refractivity contribution in [2.45, 2.75) is 44.4 Å². The van der Waals surface area contributed by atoms with E-state index in [-0.39, 0.29) is 0 Å². The summed E-state index contributed by atoms with van der Waals surface area (Å²) in [4.78, 5) is 16.8. The van der Waals surface area contributed by atoms with E-state index in [9.17, 15) is 26.5 Å². The average molecular weight is 286 g/mol. The van der Waals surface area contributed by atoms with Crippen molar-refractivity contribution in [3.8, 4) is 0 Å². The van der Waals surface area contributed by atoms with Crippen LogP contribution in [-0.4, -0.2) is 27.5 Å². The second kappa shape index (κ2) is 4.79. The minimum Gasteiger partial charge on any atom is -0.303 e. The average Bonchev–Trinajstić information content (AvgIpc) is 1.95. The summed E-state index contributed by atoms with van der Waals surface area (Å²) in [5.41, 5.74) is -2.89. The molecule has 4 nitrogen and oxygen atoms in total. The predicted octanol–water partition coefficient (Wildman–Crippen LogP) is 2.85. The quantitative estimate of drug-likeness (QED) is 0.602. The highest BCUT2D eigenvalue weighted by molar-refractivity contribution is 7.46. The number of hydrogen-bond donors (Lipinski definition) is 2. The zero-order valence-electron chi connectivity index (χ0n) is 8.96. The molecular weight excluding hydrogens is 274 g/mol. The second-order valence-electron chi connectivity index (χ2n) is 3.66. The number of rotatable bonds is 5. The molecule has 0 aromatic rings. The lowest BCUT2D eigenvalue weighted by molar-refractivity contribution is -0.239. The zero-order valence-corrected chi connectivity index (χ0v) is 9.86. The van der Waals surface area contributed by atoms with E-state index < -0.39 is 38.4 Å². The summed E-state index contributed by atoms with van der Waals surface area (Å²) in [5, 5.41) is 0. The zero-order chi connectivity index (χ0) is 14.1. The normalized spacial score (nSPS) is 17.9. The maximum absolute atomic E-state index is 13.3. The Morgan fingerprint density at radius 3 is 1.82 bits per heavy atom. The lowest BCUT2D eigenvalue weighted by Crippen LogP contribution is -2.49. The van der Waals surface area contributed by atoms with Gasteiger partial charge in [0, 0.05) is 0 Å². The van der Waals surface area contributed by atoms with Crippen LogP contribution in [0.2, 0.25) is 0 Å². The standard InChI is InChI=1S/C7H12F5O4P/c1-3-5(2,16-17(13,14)15)6(8,9)4-7(10,11)12/h3-4H2,1-2H3,(H2,13,14,15). The van der Waals surface area contributed by atoms with Gasteiger partial charge < -0.3 is 9.79 Å². The topological polar surface area (TPSA) is 66.8 Å². The third-order valence-corrected chi connectivity index (χ3v) is 2.83. The van der Waals surface area contributed by atoms with Crippen molar-refractivity contribution in [1.82, 2.24) is 0 Å². The molecule has 0 rings (SSSR count). The molecule has 0 aliphatic heterocycles. The van der Waals surface area contributed by atoms with Gasteiger partial charge in [-0.25, -0.2) is 13.3 Å². The fourth-order valence-corrected chi connectivity index (χ4v) is 1.88. The Balaban J connectivity index is 5.14. The minimum atomic E-state index is -5.31. The number of halogens is 5. The molecule has 0 saturated carbocycles. The molecule has 0 bridgehead atoms. The molecule has 0 aromatic heterocycles. The molecule has 0 radical (unpaired) electrons. The minimum absolute atomic E-state index is 0.526. The molecule has 104 valence electrons. The van der Waals surface area contributed by atoms with Gasteiger partial charge in [0.25, 0.3) is 5.92 Å². The fourth-order valence-electron chi connectivity index (χ4n) is 1.09. The highest BCUT2D eigenvalue weighted by atomic mass is 31.2. The van der Waals surface area contributed by atoms with E-state index in [0.717, 1.165) is 6.92 Å². The molecule has 0 aliphatic carbocycles. The first-order chi connectivity index (χ1) is 7.22. The highest BCUT2D eigenvalue weighted by Crippen LogP contribution is 2.51. The summed E-state index contributed by atoms with van der Waals surface area (Å²) in [5.74, 6) is -4.44. The molecule has 2 N–H and O–H groups in total. The van der Waals surface area contributed by atoms with E-state index in [1.807, 2.05) is 0 Å². The van der Waals surface area contributed by atoms with Crippen LogP contribution in [0.4, 0.5) is 22.0 Å². The summed E-state index contributed by atoms with van der Waals surface area (Å²) in [7, 11) is -5.31. The summed E-state index contributed by atoms with van der Waals surface area (Å²) in [6.07, 6.45) is -8.37. The van der Waals surface area contributed by atoms with Gasteiger partial charge in [-0.05, 0) is 13.3 Å². The van der Waals surface area contributed by atoms with Crippen LogP contribution in [0.3, 0.4) is 0 Å². The van der Waals surface area contributed by atoms with Crippen LogP contribution >= 0.6 is 7.82 Å². The molecule has 1 atom stereocenters. The Morgan fingerprint density at radius 2 is 1.59 bits per heavy atom. The van der Waals surface area contributed by atoms with Crippen molar-refractivity contribution in [2.24, 2.45) is 0 Å². The predicted molar refractivity (Wildman–Crippen MR) is 47.4 cm³/mol. The molecule has 1 unspecified atom stereocenters. The molecule has 0 saturated heterocycles. The number of hydrogen-bond acceptors (Lipinski definition) is 2. The highest BCUT2D eigenvalue weighted by Gasteiger charge is 2.58. The molecule has 0 spiro atoms. The van der Waals surface area contributed by atoms with Crippen LogP contribution in [0.1, 0.15) is 26.7 Å². The van der Waals surface area contributed by atoms with Crippen LogP contribution in [-0.2, 0) is 9.09 Å². The number of alkyl halides is 5. The molecule has 10 heteroatoms. The van der Waals surface area contributed by atoms with Crippen LogP contribution in [0, 0.1) is 0 Å². The Morgan fingerprint density at radius 1 is 1.18 bits per heavy atom. The summed E-state index contributed by atoms with van der Waals surface area (Å²) >= 11 is 0. The van der Waals surface area contributed by atoms with Gasteiger partial charge >= 0.3 is 14.0 Å². The summed E-state index contributed by atoms with van der Waals surface area (Å²) in [6.45, 7) is 1.57. The van der Waals surface area contributed by atoms with Gasteiger partial charge in [-0.3, -0.25) is 4.52 Å². The van der Waals surface area contributed by atoms with Crippen LogP contribution in [0.15, 0.2) is 0 Å². The van der Waals surface area contributed by atoms with Gasteiger partial charge in [0.05, 0.1) is 0 Å². The van der Waals surface area contributed by atoms with Crippen LogP contribution in [0.25, 0.3) is 0 Å². The van der Waals surface area contributed by atoms with Gasteiger partial charge in [0.15, 0.2) is 0 Å². The second-order valence-corrected chi connectivity index (χ2v) is 4.83. The van der Waals surface area contributed by atoms with Gasteiger partial charge in [-0.15, -0.1) is 0 Å². The van der Waals surface area contributed by atoms with Gasteiger partial charge in [-0.2, -0.15) is 13.2 Å². The molecular formula is C7H12F5O4P. The number of phosphoric ester groups is 1. The Kier molecular flexibility index (Phi) is 4.73. The third kappa shape index (κ3) is 5.29. The first-order valence-corrected chi connectivity index (χ1v) is 5.96. The maximum atomic E-state index is 13.3. The summed E-state index contributed by atoms with van der Waals surface area (Å²) in [6, 6.07) is 0. The van der Waals surface area contributed by atoms with Crippen molar-refractivity contribution in [3.63, 3.8) is 0 Å². The largest absolute Gasteiger partial charge is 0.470 e. The van der Waals surface area contributed by atoms with E-state index in [4.69, 9.17) is 9.79 Å². The van der Waals surface area contributed by atoms with Crippen molar-refractivity contribution in [1.29, 1.82) is 0 Å². The molecule has 0 fully saturated rings. The first-order valence-electron chi connectivity index (χ1n) is 4.43. The number of phosphoric acid groups is 1. The van der Waals surface area contributed by atoms with E-state index >= 15 is 0 Å². The molecule has 0 aliphatic rings. The third-order valence-electron chi connectivity index (χ3n) is 2.19. The summed E-state index contributed by atoms with van der Waals surface area (Å²) < 4.78 is 76.7. The molecule has 0 heterocycles. The monoisotopic (exact) mass is 286 g/mol. The van der Waals surface area contributed by atoms with Crippen LogP contribution < -0.4 is 0 Å². The lowest BCUT2D eigenvalue weighted by Gasteiger charge is -2.36. The molecule has 0 amide bonds. The SMILES string of the molecule is CCC(C)(OP(=O)(O)O)C(F)(F)CC(F)(F)F. The van der Waals surface area contributed by atoms with Crippen molar-refractivity contribution < 1.29 is 40.8 Å². The first kappa shape index (κ1) is 16.8. The maximum Gasteiger partial charge on any atom is 0.470 e. The van der Waals surface area contributed by atoms with E-state index in [1.54, 1.807) is 0 Å². The Labute approximate surface area is 94.0 Å². The smallest absolute Gasteiger partial charge is 0.303 e. The van der Waals surface area contributed by atoms with Crippen molar-refractivity contribution >= 4 is 7.82 Å². The van der Waals surface area contributed by atoms with E-state index in [1.165, 1.54) is 0 Å². The fraction of sp³-hybridized carbons (Fsp3) is 1.00. The van der Waals surface area contributed by atoms with Gasteiger partial charge in [0.2, 0.25) is 0 Å².